The van der Waals surface area contributed by atoms with Crippen LogP contribution in [0.2, 0.25) is 0 Å². The second-order valence-electron chi connectivity index (χ2n) is 4.67. The first kappa shape index (κ1) is 20.0. The molecule has 0 aromatic heterocycles. The second kappa shape index (κ2) is 9.32. The SMILES string of the molecule is NC(=O)c1cccc([N+](=O)[O-])c1[N+](=O)[O-].O=C(O)CNc1ccccc1. The Morgan fingerprint density at radius 3 is 2.08 bits per heavy atom. The van der Waals surface area contributed by atoms with Crippen LogP contribution in [0.25, 0.3) is 0 Å². The van der Waals surface area contributed by atoms with Gasteiger partial charge in [0, 0.05) is 11.8 Å². The molecule has 0 saturated heterocycles. The van der Waals surface area contributed by atoms with Crippen LogP contribution in [0.5, 0.6) is 0 Å². The number of nitrogens with zero attached hydrogens (tertiary/aromatic N) is 2. The highest BCUT2D eigenvalue weighted by Gasteiger charge is 2.30. The Bertz CT molecular complexity index is 792. The summed E-state index contributed by atoms with van der Waals surface area (Å²) in [6.07, 6.45) is 0. The number of nitro groups is 2. The van der Waals surface area contributed by atoms with Crippen LogP contribution in [-0.4, -0.2) is 33.4 Å². The van der Waals surface area contributed by atoms with Crippen LogP contribution in [-0.2, 0) is 4.79 Å². The van der Waals surface area contributed by atoms with Crippen molar-refractivity contribution in [2.75, 3.05) is 11.9 Å². The summed E-state index contributed by atoms with van der Waals surface area (Å²) < 4.78 is 0. The van der Waals surface area contributed by atoms with Crippen LogP contribution in [0.3, 0.4) is 0 Å². The van der Waals surface area contributed by atoms with Crippen molar-refractivity contribution in [1.29, 1.82) is 0 Å². The van der Waals surface area contributed by atoms with E-state index < -0.39 is 38.7 Å². The third-order valence-electron chi connectivity index (χ3n) is 2.88. The Labute approximate surface area is 146 Å². The Balaban J connectivity index is 0.000000273. The normalized spacial score (nSPS) is 9.38. The van der Waals surface area contributed by atoms with Crippen molar-refractivity contribution in [3.63, 3.8) is 0 Å². The molecule has 0 saturated carbocycles. The highest BCUT2D eigenvalue weighted by molar-refractivity contribution is 5.98. The summed E-state index contributed by atoms with van der Waals surface area (Å²) in [5.41, 5.74) is 3.57. The molecule has 0 atom stereocenters. The average Bonchev–Trinajstić information content (AvgIpc) is 2.60. The van der Waals surface area contributed by atoms with Gasteiger partial charge in [-0.2, -0.15) is 0 Å². The number of rotatable bonds is 6. The number of carbonyl (C=O) groups is 2. The van der Waals surface area contributed by atoms with Gasteiger partial charge in [0.05, 0.1) is 9.85 Å². The molecule has 4 N–H and O–H groups in total. The summed E-state index contributed by atoms with van der Waals surface area (Å²) in [4.78, 5) is 40.0. The number of primary amides is 1. The molecule has 136 valence electrons. The molecule has 2 aromatic carbocycles. The number of carboxylic acids is 1. The molecule has 0 unspecified atom stereocenters. The molecule has 0 radical (unpaired) electrons. The van der Waals surface area contributed by atoms with Gasteiger partial charge in [-0.25, -0.2) is 0 Å². The van der Waals surface area contributed by atoms with E-state index in [1.54, 1.807) is 0 Å². The number of nitrogens with one attached hydrogen (secondary N) is 1. The van der Waals surface area contributed by atoms with E-state index in [0.29, 0.717) is 0 Å². The summed E-state index contributed by atoms with van der Waals surface area (Å²) in [5.74, 6) is -1.93. The maximum atomic E-state index is 10.8. The molecule has 0 heterocycles. The molecule has 0 aliphatic rings. The Morgan fingerprint density at radius 2 is 1.62 bits per heavy atom. The van der Waals surface area contributed by atoms with Gasteiger partial charge < -0.3 is 16.2 Å². The minimum absolute atomic E-state index is 0.0377. The fourth-order valence-electron chi connectivity index (χ4n) is 1.80. The van der Waals surface area contributed by atoms with Crippen molar-refractivity contribution in [3.8, 4) is 0 Å². The predicted octanol–water partition coefficient (Wildman–Crippen LogP) is 1.78. The second-order valence-corrected chi connectivity index (χ2v) is 4.67. The first-order chi connectivity index (χ1) is 12.2. The quantitative estimate of drug-likeness (QED) is 0.513. The van der Waals surface area contributed by atoms with E-state index in [0.717, 1.165) is 23.9 Å². The van der Waals surface area contributed by atoms with E-state index in [1.165, 1.54) is 0 Å². The van der Waals surface area contributed by atoms with Crippen LogP contribution < -0.4 is 11.1 Å². The maximum absolute atomic E-state index is 10.8. The van der Waals surface area contributed by atoms with E-state index in [4.69, 9.17) is 10.8 Å². The molecular formula is C15H14N4O7. The molecule has 0 fully saturated rings. The molecular weight excluding hydrogens is 348 g/mol. The zero-order valence-corrected chi connectivity index (χ0v) is 13.2. The topological polar surface area (TPSA) is 179 Å². The number of nitrogens with two attached hydrogens (primary N) is 1. The predicted molar refractivity (Wildman–Crippen MR) is 90.8 cm³/mol. The van der Waals surface area contributed by atoms with E-state index in [9.17, 15) is 29.8 Å². The first-order valence-electron chi connectivity index (χ1n) is 6.96. The summed E-state index contributed by atoms with van der Waals surface area (Å²) in [6.45, 7) is -0.0377. The van der Waals surface area contributed by atoms with Crippen LogP contribution in [0.4, 0.5) is 17.1 Å². The van der Waals surface area contributed by atoms with Crippen LogP contribution >= 0.6 is 0 Å². The van der Waals surface area contributed by atoms with Gasteiger partial charge in [-0.1, -0.05) is 24.3 Å². The molecule has 11 heteroatoms. The lowest BCUT2D eigenvalue weighted by Gasteiger charge is -2.00. The number of anilines is 1. The smallest absolute Gasteiger partial charge is 0.358 e. The number of aliphatic carboxylic acids is 1. The van der Waals surface area contributed by atoms with E-state index >= 15 is 0 Å². The standard InChI is InChI=1S/C8H9NO2.C7H5N3O5/c10-8(11)6-9-7-4-2-1-3-5-7;8-7(11)4-2-1-3-5(9(12)13)6(4)10(14)15/h1-5,9H,6H2,(H,10,11);1-3H,(H2,8,11). The van der Waals surface area contributed by atoms with Crippen molar-refractivity contribution in [2.24, 2.45) is 5.73 Å². The highest BCUT2D eigenvalue weighted by atomic mass is 16.6. The van der Waals surface area contributed by atoms with E-state index in [2.05, 4.69) is 5.32 Å². The van der Waals surface area contributed by atoms with Crippen LogP contribution in [0, 0.1) is 20.2 Å². The number of nitro benzene ring substituents is 2. The zero-order chi connectivity index (χ0) is 19.7. The summed E-state index contributed by atoms with van der Waals surface area (Å²) >= 11 is 0. The minimum atomic E-state index is -1.08. The largest absolute Gasteiger partial charge is 0.480 e. The Hall–Kier alpha value is -4.02. The molecule has 0 bridgehead atoms. The molecule has 26 heavy (non-hydrogen) atoms. The minimum Gasteiger partial charge on any atom is -0.480 e. The van der Waals surface area contributed by atoms with Gasteiger partial charge in [0.15, 0.2) is 0 Å². The van der Waals surface area contributed by atoms with Crippen molar-refractivity contribution in [3.05, 3.63) is 74.3 Å². The molecule has 1 amide bonds. The Morgan fingerprint density at radius 1 is 1.00 bits per heavy atom. The van der Waals surface area contributed by atoms with Crippen LogP contribution in [0.15, 0.2) is 48.5 Å². The van der Waals surface area contributed by atoms with Crippen LogP contribution in [0.1, 0.15) is 10.4 Å². The van der Waals surface area contributed by atoms with E-state index in [1.807, 2.05) is 30.3 Å². The number of carbonyl (C=O) groups excluding carboxylic acids is 1. The lowest BCUT2D eigenvalue weighted by molar-refractivity contribution is -0.422. The van der Waals surface area contributed by atoms with Crippen molar-refractivity contribution in [1.82, 2.24) is 0 Å². The number of hydrogen-bond donors (Lipinski definition) is 3. The molecule has 11 nitrogen and oxygen atoms in total. The fourth-order valence-corrected chi connectivity index (χ4v) is 1.80. The molecule has 2 aromatic rings. The molecule has 2 rings (SSSR count). The van der Waals surface area contributed by atoms with Gasteiger partial charge in [-0.15, -0.1) is 0 Å². The van der Waals surface area contributed by atoms with Crippen molar-refractivity contribution >= 4 is 28.9 Å². The van der Waals surface area contributed by atoms with Crippen molar-refractivity contribution in [2.45, 2.75) is 0 Å². The molecule has 0 aliphatic carbocycles. The molecule has 0 aliphatic heterocycles. The van der Waals surface area contributed by atoms with Gasteiger partial charge in [-0.3, -0.25) is 29.8 Å². The first-order valence-corrected chi connectivity index (χ1v) is 6.96. The third kappa shape index (κ3) is 5.88. The average molecular weight is 362 g/mol. The van der Waals surface area contributed by atoms with Gasteiger partial charge in [-0.05, 0) is 18.2 Å². The van der Waals surface area contributed by atoms with Gasteiger partial charge in [0.1, 0.15) is 12.1 Å². The summed E-state index contributed by atoms with van der Waals surface area (Å²) in [6, 6.07) is 12.4. The van der Waals surface area contributed by atoms with E-state index in [-0.39, 0.29) is 6.54 Å². The molecule has 0 spiro atoms. The summed E-state index contributed by atoms with van der Waals surface area (Å²) in [7, 11) is 0. The monoisotopic (exact) mass is 362 g/mol. The number of para-hydroxylation sites is 2. The van der Waals surface area contributed by atoms with Gasteiger partial charge in [0.25, 0.3) is 5.91 Å². The van der Waals surface area contributed by atoms with Crippen molar-refractivity contribution < 1.29 is 24.5 Å². The third-order valence-corrected chi connectivity index (χ3v) is 2.88. The number of hydrogen-bond acceptors (Lipinski definition) is 7. The van der Waals surface area contributed by atoms with Gasteiger partial charge >= 0.3 is 17.3 Å². The zero-order valence-electron chi connectivity index (χ0n) is 13.2. The lowest BCUT2D eigenvalue weighted by Crippen LogP contribution is -2.14. The highest BCUT2D eigenvalue weighted by Crippen LogP contribution is 2.29. The fraction of sp³-hybridized carbons (Fsp3) is 0.0667. The van der Waals surface area contributed by atoms with Gasteiger partial charge in [0.2, 0.25) is 0 Å². The lowest BCUT2D eigenvalue weighted by atomic mass is 10.1. The number of carboxylic acid groups (broad SMARTS) is 1. The maximum Gasteiger partial charge on any atom is 0.358 e. The summed E-state index contributed by atoms with van der Waals surface area (Å²) in [5, 5.41) is 32.1. The number of amides is 1. The number of benzene rings is 2. The Kier molecular flexibility index (Phi) is 7.18.